The first-order valence-corrected chi connectivity index (χ1v) is 5.47. The van der Waals surface area contributed by atoms with Crippen molar-refractivity contribution in [3.05, 3.63) is 24.5 Å². The molecule has 0 fully saturated rings. The second-order valence-electron chi connectivity index (χ2n) is 3.17. The van der Waals surface area contributed by atoms with Crippen LogP contribution in [0.3, 0.4) is 0 Å². The third-order valence-electron chi connectivity index (χ3n) is 2.09. The number of aryl methyl sites for hydroxylation is 1. The zero-order valence-corrected chi connectivity index (χ0v) is 9.86. The van der Waals surface area contributed by atoms with Crippen LogP contribution in [-0.4, -0.2) is 21.9 Å². The summed E-state index contributed by atoms with van der Waals surface area (Å²) in [5.74, 6) is 0.750. The molecule has 1 aromatic carbocycles. The largest absolute Gasteiger partial charge is 0.497 e. The highest BCUT2D eigenvalue weighted by Gasteiger charge is 2.07. The standard InChI is InChI=1S/C10H12N4OS/c1-14-10(12-6-13-14)16-9-4-3-7(15-2)5-8(9)11/h3-6H,11H2,1-2H3. The minimum atomic E-state index is 0.673. The number of anilines is 1. The van der Waals surface area contributed by atoms with Gasteiger partial charge < -0.3 is 10.5 Å². The number of ether oxygens (including phenoxy) is 1. The van der Waals surface area contributed by atoms with Gasteiger partial charge in [0, 0.05) is 23.7 Å². The van der Waals surface area contributed by atoms with Crippen LogP contribution in [0.2, 0.25) is 0 Å². The number of hydrogen-bond acceptors (Lipinski definition) is 5. The first kappa shape index (κ1) is 10.8. The number of aromatic nitrogens is 3. The van der Waals surface area contributed by atoms with Gasteiger partial charge in [0.1, 0.15) is 12.1 Å². The first-order chi connectivity index (χ1) is 7.70. The first-order valence-electron chi connectivity index (χ1n) is 4.66. The van der Waals surface area contributed by atoms with Gasteiger partial charge in [-0.3, -0.25) is 0 Å². The number of nitrogen functional groups attached to an aromatic ring is 1. The molecule has 0 unspecified atom stereocenters. The molecule has 2 aromatic rings. The molecule has 0 aliphatic heterocycles. The number of nitrogens with zero attached hydrogens (tertiary/aromatic N) is 3. The minimum absolute atomic E-state index is 0.673. The SMILES string of the molecule is COc1ccc(Sc2ncnn2C)c(N)c1. The highest BCUT2D eigenvalue weighted by Crippen LogP contribution is 2.32. The van der Waals surface area contributed by atoms with Gasteiger partial charge in [0.2, 0.25) is 0 Å². The van der Waals surface area contributed by atoms with E-state index >= 15 is 0 Å². The molecule has 0 saturated carbocycles. The Morgan fingerprint density at radius 2 is 2.25 bits per heavy atom. The van der Waals surface area contributed by atoms with Crippen molar-refractivity contribution in [1.29, 1.82) is 0 Å². The quantitative estimate of drug-likeness (QED) is 0.819. The van der Waals surface area contributed by atoms with Crippen molar-refractivity contribution in [2.75, 3.05) is 12.8 Å². The zero-order chi connectivity index (χ0) is 11.5. The maximum atomic E-state index is 5.91. The van der Waals surface area contributed by atoms with Crippen molar-refractivity contribution in [3.63, 3.8) is 0 Å². The van der Waals surface area contributed by atoms with Gasteiger partial charge in [-0.05, 0) is 23.9 Å². The maximum absolute atomic E-state index is 5.91. The number of methoxy groups -OCH3 is 1. The van der Waals surface area contributed by atoms with E-state index in [1.165, 1.54) is 18.1 Å². The van der Waals surface area contributed by atoms with Crippen molar-refractivity contribution >= 4 is 17.4 Å². The second kappa shape index (κ2) is 4.44. The van der Waals surface area contributed by atoms with E-state index in [9.17, 15) is 0 Å². The van der Waals surface area contributed by atoms with Crippen LogP contribution in [0.1, 0.15) is 0 Å². The summed E-state index contributed by atoms with van der Waals surface area (Å²) < 4.78 is 6.79. The van der Waals surface area contributed by atoms with Gasteiger partial charge in [-0.15, -0.1) is 0 Å². The third-order valence-corrected chi connectivity index (χ3v) is 3.23. The molecule has 2 rings (SSSR count). The molecular formula is C10H12N4OS. The van der Waals surface area contributed by atoms with Crippen LogP contribution in [0.15, 0.2) is 34.6 Å². The molecule has 84 valence electrons. The van der Waals surface area contributed by atoms with E-state index in [0.29, 0.717) is 5.69 Å². The van der Waals surface area contributed by atoms with E-state index in [2.05, 4.69) is 10.1 Å². The molecule has 2 N–H and O–H groups in total. The van der Waals surface area contributed by atoms with E-state index < -0.39 is 0 Å². The molecule has 5 nitrogen and oxygen atoms in total. The van der Waals surface area contributed by atoms with Gasteiger partial charge in [-0.1, -0.05) is 0 Å². The summed E-state index contributed by atoms with van der Waals surface area (Å²) in [4.78, 5) is 5.06. The Bertz CT molecular complexity index is 497. The van der Waals surface area contributed by atoms with Crippen LogP contribution in [0.5, 0.6) is 5.75 Å². The number of benzene rings is 1. The van der Waals surface area contributed by atoms with Crippen LogP contribution < -0.4 is 10.5 Å². The molecule has 1 aromatic heterocycles. The fraction of sp³-hybridized carbons (Fsp3) is 0.200. The third kappa shape index (κ3) is 2.11. The maximum Gasteiger partial charge on any atom is 0.190 e. The minimum Gasteiger partial charge on any atom is -0.497 e. The fourth-order valence-corrected chi connectivity index (χ4v) is 2.01. The van der Waals surface area contributed by atoms with Gasteiger partial charge >= 0.3 is 0 Å². The van der Waals surface area contributed by atoms with E-state index in [0.717, 1.165) is 15.8 Å². The summed E-state index contributed by atoms with van der Waals surface area (Å²) in [5.41, 5.74) is 6.58. The molecule has 0 bridgehead atoms. The van der Waals surface area contributed by atoms with E-state index in [4.69, 9.17) is 10.5 Å². The molecule has 0 spiro atoms. The van der Waals surface area contributed by atoms with E-state index in [-0.39, 0.29) is 0 Å². The van der Waals surface area contributed by atoms with Gasteiger partial charge in [-0.2, -0.15) is 5.10 Å². The average molecular weight is 236 g/mol. The van der Waals surface area contributed by atoms with Crippen LogP contribution in [-0.2, 0) is 7.05 Å². The smallest absolute Gasteiger partial charge is 0.190 e. The Morgan fingerprint density at radius 1 is 1.44 bits per heavy atom. The Hall–Kier alpha value is -1.69. The molecule has 0 aliphatic carbocycles. The lowest BCUT2D eigenvalue weighted by Gasteiger charge is -2.06. The highest BCUT2D eigenvalue weighted by atomic mass is 32.2. The average Bonchev–Trinajstić information content (AvgIpc) is 2.67. The molecule has 0 aliphatic rings. The Balaban J connectivity index is 2.25. The van der Waals surface area contributed by atoms with Crippen LogP contribution >= 0.6 is 11.8 Å². The van der Waals surface area contributed by atoms with Crippen molar-refractivity contribution in [1.82, 2.24) is 14.8 Å². The molecule has 0 amide bonds. The highest BCUT2D eigenvalue weighted by molar-refractivity contribution is 7.99. The van der Waals surface area contributed by atoms with Crippen LogP contribution in [0.4, 0.5) is 5.69 Å². The fourth-order valence-electron chi connectivity index (χ4n) is 1.22. The molecule has 0 atom stereocenters. The Labute approximate surface area is 97.6 Å². The zero-order valence-electron chi connectivity index (χ0n) is 9.04. The molecule has 6 heteroatoms. The predicted octanol–water partition coefficient (Wildman–Crippen LogP) is 1.56. The predicted molar refractivity (Wildman–Crippen MR) is 62.5 cm³/mol. The normalized spacial score (nSPS) is 10.4. The van der Waals surface area contributed by atoms with Gasteiger partial charge in [0.05, 0.1) is 7.11 Å². The lowest BCUT2D eigenvalue weighted by molar-refractivity contribution is 0.415. The molecule has 1 heterocycles. The van der Waals surface area contributed by atoms with E-state index in [1.54, 1.807) is 17.9 Å². The van der Waals surface area contributed by atoms with Crippen molar-refractivity contribution in [3.8, 4) is 5.75 Å². The van der Waals surface area contributed by atoms with Crippen molar-refractivity contribution < 1.29 is 4.74 Å². The monoisotopic (exact) mass is 236 g/mol. The van der Waals surface area contributed by atoms with Crippen molar-refractivity contribution in [2.24, 2.45) is 7.05 Å². The molecule has 0 radical (unpaired) electrons. The Morgan fingerprint density at radius 3 is 2.81 bits per heavy atom. The van der Waals surface area contributed by atoms with E-state index in [1.807, 2.05) is 19.2 Å². The molecule has 16 heavy (non-hydrogen) atoms. The summed E-state index contributed by atoms with van der Waals surface area (Å²) in [6.07, 6.45) is 1.52. The topological polar surface area (TPSA) is 66.0 Å². The lowest BCUT2D eigenvalue weighted by atomic mass is 10.3. The lowest BCUT2D eigenvalue weighted by Crippen LogP contribution is -1.95. The summed E-state index contributed by atoms with van der Waals surface area (Å²) in [6.45, 7) is 0. The number of nitrogens with two attached hydrogens (primary N) is 1. The van der Waals surface area contributed by atoms with Gasteiger partial charge in [-0.25, -0.2) is 9.67 Å². The number of hydrogen-bond donors (Lipinski definition) is 1. The van der Waals surface area contributed by atoms with Gasteiger partial charge in [0.15, 0.2) is 5.16 Å². The van der Waals surface area contributed by atoms with Crippen molar-refractivity contribution in [2.45, 2.75) is 10.1 Å². The van der Waals surface area contributed by atoms with Crippen LogP contribution in [0, 0.1) is 0 Å². The Kier molecular flexibility index (Phi) is 3.00. The number of rotatable bonds is 3. The second-order valence-corrected chi connectivity index (χ2v) is 4.18. The van der Waals surface area contributed by atoms with Crippen LogP contribution in [0.25, 0.3) is 0 Å². The van der Waals surface area contributed by atoms with Gasteiger partial charge in [0.25, 0.3) is 0 Å². The molecule has 0 saturated heterocycles. The molecular weight excluding hydrogens is 224 g/mol. The summed E-state index contributed by atoms with van der Waals surface area (Å²) in [5, 5.41) is 4.80. The summed E-state index contributed by atoms with van der Waals surface area (Å²) >= 11 is 1.48. The summed E-state index contributed by atoms with van der Waals surface area (Å²) in [6, 6.07) is 5.57. The summed E-state index contributed by atoms with van der Waals surface area (Å²) in [7, 11) is 3.46.